The van der Waals surface area contributed by atoms with Crippen molar-refractivity contribution in [2.45, 2.75) is 76.8 Å². The van der Waals surface area contributed by atoms with Gasteiger partial charge in [0.05, 0.1) is 11.4 Å². The molecule has 1 aromatic rings. The first kappa shape index (κ1) is 26.5. The molecule has 1 aliphatic heterocycles. The Balaban J connectivity index is 1.39. The van der Waals surface area contributed by atoms with Crippen LogP contribution in [0.2, 0.25) is 0 Å². The third-order valence-electron chi connectivity index (χ3n) is 7.01. The normalized spacial score (nSPS) is 22.2. The summed E-state index contributed by atoms with van der Waals surface area (Å²) in [6, 6.07) is 3.40. The average molecular weight is 512 g/mol. The number of halogens is 6. The Labute approximate surface area is 207 Å². The minimum Gasteiger partial charge on any atom is -0.379 e. The van der Waals surface area contributed by atoms with E-state index in [-0.39, 0.29) is 31.1 Å². The van der Waals surface area contributed by atoms with Gasteiger partial charge >= 0.3 is 6.18 Å². The third-order valence-corrected chi connectivity index (χ3v) is 7.01. The van der Waals surface area contributed by atoms with E-state index >= 15 is 0 Å². The smallest absolute Gasteiger partial charge is 0.379 e. The first-order chi connectivity index (χ1) is 17.0. The van der Waals surface area contributed by atoms with Gasteiger partial charge in [-0.15, -0.1) is 0 Å². The molecule has 3 nitrogen and oxygen atoms in total. The SMILES string of the molecule is CC1C=CCC(NCC(F)(F)F)=C2C(=C1)N=C2Cc1ccc(CCCC2CCC(F)(F)CC2)nc1F. The van der Waals surface area contributed by atoms with Crippen LogP contribution in [0.1, 0.15) is 63.1 Å². The van der Waals surface area contributed by atoms with Crippen molar-refractivity contribution in [2.24, 2.45) is 16.8 Å². The molecule has 1 fully saturated rings. The van der Waals surface area contributed by atoms with Crippen LogP contribution in [-0.2, 0) is 12.8 Å². The van der Waals surface area contributed by atoms with E-state index in [1.54, 1.807) is 12.1 Å². The highest BCUT2D eigenvalue weighted by Gasteiger charge is 2.34. The molecule has 1 aromatic heterocycles. The number of aliphatic imine (C=N–C) groups is 1. The standard InChI is InChI=1S/C27H31F6N3/c1-17-4-2-7-21(34-16-27(31,32)33)24-22(14-17)36-23(24)15-19-8-9-20(35-25(19)28)6-3-5-18-10-12-26(29,30)13-11-18/h2,4,8-9,14,17-18,34H,3,5-7,10-13,15-16H2,1H3. The van der Waals surface area contributed by atoms with E-state index in [9.17, 15) is 26.3 Å². The lowest BCUT2D eigenvalue weighted by molar-refractivity contribution is -0.123. The Hall–Kier alpha value is -2.58. The first-order valence-electron chi connectivity index (χ1n) is 12.5. The van der Waals surface area contributed by atoms with Gasteiger partial charge in [-0.25, -0.2) is 13.8 Å². The lowest BCUT2D eigenvalue weighted by atomic mass is 9.83. The van der Waals surface area contributed by atoms with Crippen molar-refractivity contribution < 1.29 is 26.3 Å². The topological polar surface area (TPSA) is 37.3 Å². The summed E-state index contributed by atoms with van der Waals surface area (Å²) in [5, 5.41) is 2.50. The molecule has 4 rings (SSSR count). The zero-order valence-electron chi connectivity index (χ0n) is 20.3. The van der Waals surface area contributed by atoms with Crippen molar-refractivity contribution in [3.8, 4) is 0 Å². The molecule has 0 bridgehead atoms. The van der Waals surface area contributed by atoms with Gasteiger partial charge in [0.2, 0.25) is 11.9 Å². The molecule has 0 radical (unpaired) electrons. The molecule has 196 valence electrons. The molecule has 3 aliphatic rings. The number of pyridine rings is 1. The van der Waals surface area contributed by atoms with E-state index in [1.807, 2.05) is 25.2 Å². The lowest BCUT2D eigenvalue weighted by Gasteiger charge is -2.28. The van der Waals surface area contributed by atoms with E-state index in [2.05, 4.69) is 15.3 Å². The second kappa shape index (κ2) is 10.8. The van der Waals surface area contributed by atoms with Crippen molar-refractivity contribution in [1.82, 2.24) is 10.3 Å². The van der Waals surface area contributed by atoms with Gasteiger partial charge in [0, 0.05) is 48.2 Å². The van der Waals surface area contributed by atoms with E-state index in [0.717, 1.165) is 12.8 Å². The second-order valence-corrected chi connectivity index (χ2v) is 10.0. The van der Waals surface area contributed by atoms with Gasteiger partial charge in [0.1, 0.15) is 6.54 Å². The molecule has 0 saturated heterocycles. The van der Waals surface area contributed by atoms with Crippen LogP contribution in [0, 0.1) is 17.8 Å². The van der Waals surface area contributed by atoms with Crippen LogP contribution in [0.4, 0.5) is 26.3 Å². The number of hydrogen-bond donors (Lipinski definition) is 1. The predicted molar refractivity (Wildman–Crippen MR) is 127 cm³/mol. The number of fused-ring (bicyclic) bond motifs is 1. The maximum absolute atomic E-state index is 14.8. The van der Waals surface area contributed by atoms with Gasteiger partial charge in [0.25, 0.3) is 0 Å². The van der Waals surface area contributed by atoms with Crippen LogP contribution in [0.5, 0.6) is 0 Å². The summed E-state index contributed by atoms with van der Waals surface area (Å²) in [6.45, 7) is 0.818. The fraction of sp³-hybridized carbons (Fsp3) is 0.556. The molecular weight excluding hydrogens is 480 g/mol. The average Bonchev–Trinajstić information content (AvgIpc) is 2.77. The summed E-state index contributed by atoms with van der Waals surface area (Å²) < 4.78 is 79.9. The first-order valence-corrected chi connectivity index (χ1v) is 12.5. The van der Waals surface area contributed by atoms with Crippen molar-refractivity contribution >= 4 is 5.71 Å². The molecule has 2 heterocycles. The fourth-order valence-electron chi connectivity index (χ4n) is 5.02. The second-order valence-electron chi connectivity index (χ2n) is 10.0. The molecule has 1 unspecified atom stereocenters. The monoisotopic (exact) mass is 511 g/mol. The lowest BCUT2D eigenvalue weighted by Crippen LogP contribution is -2.32. The van der Waals surface area contributed by atoms with Crippen LogP contribution in [0.25, 0.3) is 0 Å². The number of nitrogens with zero attached hydrogens (tertiary/aromatic N) is 2. The summed E-state index contributed by atoms with van der Waals surface area (Å²) in [5.41, 5.74) is 3.15. The molecular formula is C27H31F6N3. The van der Waals surface area contributed by atoms with Gasteiger partial charge in [-0.1, -0.05) is 37.6 Å². The summed E-state index contributed by atoms with van der Waals surface area (Å²) >= 11 is 0. The minimum absolute atomic E-state index is 0.0564. The number of allylic oxidation sites excluding steroid dienone is 4. The van der Waals surface area contributed by atoms with Crippen molar-refractivity contribution in [3.63, 3.8) is 0 Å². The van der Waals surface area contributed by atoms with Gasteiger partial charge in [0.15, 0.2) is 0 Å². The van der Waals surface area contributed by atoms with Crippen molar-refractivity contribution in [1.29, 1.82) is 0 Å². The highest BCUT2D eigenvalue weighted by Crippen LogP contribution is 2.38. The van der Waals surface area contributed by atoms with E-state index in [1.165, 1.54) is 0 Å². The summed E-state index contributed by atoms with van der Waals surface area (Å²) in [6.07, 6.45) is 4.80. The number of hydrogen-bond acceptors (Lipinski definition) is 3. The van der Waals surface area contributed by atoms with Gasteiger partial charge < -0.3 is 5.32 Å². The Morgan fingerprint density at radius 3 is 2.58 bits per heavy atom. The molecule has 0 spiro atoms. The summed E-state index contributed by atoms with van der Waals surface area (Å²) in [7, 11) is 0. The van der Waals surface area contributed by atoms with Crippen LogP contribution >= 0.6 is 0 Å². The third kappa shape index (κ3) is 7.01. The predicted octanol–water partition coefficient (Wildman–Crippen LogP) is 7.25. The highest BCUT2D eigenvalue weighted by atomic mass is 19.4. The fourth-order valence-corrected chi connectivity index (χ4v) is 5.02. The molecule has 2 aliphatic carbocycles. The largest absolute Gasteiger partial charge is 0.405 e. The Morgan fingerprint density at radius 2 is 1.89 bits per heavy atom. The molecule has 0 aromatic carbocycles. The van der Waals surface area contributed by atoms with Crippen LogP contribution < -0.4 is 5.32 Å². The Bertz CT molecular complexity index is 1070. The molecule has 1 saturated carbocycles. The molecule has 9 heteroatoms. The Morgan fingerprint density at radius 1 is 1.14 bits per heavy atom. The molecule has 36 heavy (non-hydrogen) atoms. The van der Waals surface area contributed by atoms with Crippen LogP contribution in [0.3, 0.4) is 0 Å². The minimum atomic E-state index is -4.36. The van der Waals surface area contributed by atoms with Gasteiger partial charge in [-0.2, -0.15) is 17.6 Å². The maximum atomic E-state index is 14.8. The Kier molecular flexibility index (Phi) is 7.95. The zero-order chi connectivity index (χ0) is 25.9. The van der Waals surface area contributed by atoms with Crippen molar-refractivity contribution in [2.75, 3.05) is 6.54 Å². The van der Waals surface area contributed by atoms with E-state index < -0.39 is 24.6 Å². The summed E-state index contributed by atoms with van der Waals surface area (Å²) in [5.74, 6) is -2.78. The molecule has 0 amide bonds. The molecule has 1 atom stereocenters. The number of alkyl halides is 5. The van der Waals surface area contributed by atoms with Crippen molar-refractivity contribution in [3.05, 3.63) is 64.5 Å². The van der Waals surface area contributed by atoms with Crippen LogP contribution in [-0.4, -0.2) is 29.3 Å². The summed E-state index contributed by atoms with van der Waals surface area (Å²) in [4.78, 5) is 8.56. The number of nitrogens with one attached hydrogen (secondary N) is 1. The maximum Gasteiger partial charge on any atom is 0.405 e. The molecule has 1 N–H and O–H groups in total. The van der Waals surface area contributed by atoms with E-state index in [4.69, 9.17) is 0 Å². The quantitative estimate of drug-likeness (QED) is 0.227. The number of aromatic nitrogens is 1. The van der Waals surface area contributed by atoms with Gasteiger partial charge in [-0.05, 0) is 43.6 Å². The zero-order valence-corrected chi connectivity index (χ0v) is 20.3. The number of aryl methyl sites for hydroxylation is 1. The van der Waals surface area contributed by atoms with E-state index in [0.29, 0.717) is 59.6 Å². The number of rotatable bonds is 8. The van der Waals surface area contributed by atoms with Crippen LogP contribution in [0.15, 0.2) is 52.3 Å². The van der Waals surface area contributed by atoms with Gasteiger partial charge in [-0.3, -0.25) is 4.99 Å². The highest BCUT2D eigenvalue weighted by molar-refractivity contribution is 6.12.